The molecule has 1 unspecified atom stereocenters. The maximum Gasteiger partial charge on any atom is 0.254 e. The molecule has 1 aliphatic carbocycles. The third-order valence-electron chi connectivity index (χ3n) is 7.95. The molecule has 202 valence electrons. The van der Waals surface area contributed by atoms with Gasteiger partial charge in [0, 0.05) is 43.1 Å². The number of rotatable bonds is 8. The van der Waals surface area contributed by atoms with E-state index >= 15 is 0 Å². The molecule has 1 fully saturated rings. The third kappa shape index (κ3) is 6.41. The quantitative estimate of drug-likeness (QED) is 0.485. The SMILES string of the molecule is CC1=CC(C)=NC(=O)C1CNC(=O)c1cc(-c2ccc(CN(C)C)cc2)cc(N(C)C2CCCCC2)c1C. The van der Waals surface area contributed by atoms with Gasteiger partial charge in [-0.05, 0) is 88.2 Å². The van der Waals surface area contributed by atoms with E-state index in [0.29, 0.717) is 17.3 Å². The summed E-state index contributed by atoms with van der Waals surface area (Å²) in [6.45, 7) is 6.92. The van der Waals surface area contributed by atoms with Gasteiger partial charge in [-0.1, -0.05) is 49.1 Å². The normalized spacial score (nSPS) is 18.3. The van der Waals surface area contributed by atoms with E-state index < -0.39 is 5.92 Å². The highest BCUT2D eigenvalue weighted by atomic mass is 16.2. The smallest absolute Gasteiger partial charge is 0.254 e. The number of nitrogens with zero attached hydrogens (tertiary/aromatic N) is 3. The van der Waals surface area contributed by atoms with Crippen molar-refractivity contribution >= 4 is 23.2 Å². The topological polar surface area (TPSA) is 65.0 Å². The zero-order valence-electron chi connectivity index (χ0n) is 23.8. The van der Waals surface area contributed by atoms with Crippen molar-refractivity contribution < 1.29 is 9.59 Å². The van der Waals surface area contributed by atoms with E-state index in [9.17, 15) is 9.59 Å². The van der Waals surface area contributed by atoms with E-state index in [1.54, 1.807) is 0 Å². The zero-order valence-corrected chi connectivity index (χ0v) is 23.8. The van der Waals surface area contributed by atoms with Crippen LogP contribution < -0.4 is 10.2 Å². The van der Waals surface area contributed by atoms with Crippen molar-refractivity contribution in [1.82, 2.24) is 10.2 Å². The van der Waals surface area contributed by atoms with Gasteiger partial charge in [-0.3, -0.25) is 9.59 Å². The summed E-state index contributed by atoms with van der Waals surface area (Å²) in [6, 6.07) is 13.3. The number of anilines is 1. The van der Waals surface area contributed by atoms with Crippen molar-refractivity contribution in [3.8, 4) is 11.1 Å². The second-order valence-electron chi connectivity index (χ2n) is 11.2. The van der Waals surface area contributed by atoms with Crippen LogP contribution >= 0.6 is 0 Å². The van der Waals surface area contributed by atoms with Crippen LogP contribution in [0.15, 0.2) is 53.0 Å². The van der Waals surface area contributed by atoms with Crippen molar-refractivity contribution in [3.63, 3.8) is 0 Å². The van der Waals surface area contributed by atoms with E-state index in [2.05, 4.69) is 71.6 Å². The molecule has 2 aliphatic rings. The summed E-state index contributed by atoms with van der Waals surface area (Å²) in [4.78, 5) is 34.7. The highest BCUT2D eigenvalue weighted by molar-refractivity contribution is 6.06. The molecule has 6 nitrogen and oxygen atoms in total. The molecule has 0 aromatic heterocycles. The van der Waals surface area contributed by atoms with Gasteiger partial charge in [0.1, 0.15) is 0 Å². The molecule has 38 heavy (non-hydrogen) atoms. The second kappa shape index (κ2) is 12.1. The molecular formula is C32H42N4O2. The van der Waals surface area contributed by atoms with Crippen molar-refractivity contribution in [2.24, 2.45) is 10.9 Å². The van der Waals surface area contributed by atoms with Gasteiger partial charge in [0.05, 0.1) is 5.92 Å². The molecule has 6 heteroatoms. The molecule has 1 N–H and O–H groups in total. The Morgan fingerprint density at radius 1 is 0.974 bits per heavy atom. The second-order valence-corrected chi connectivity index (χ2v) is 11.2. The van der Waals surface area contributed by atoms with Crippen LogP contribution in [0.3, 0.4) is 0 Å². The Balaban J connectivity index is 1.65. The first kappa shape index (κ1) is 27.8. The number of dihydropyridines is 1. The molecule has 1 saturated carbocycles. The summed E-state index contributed by atoms with van der Waals surface area (Å²) in [5.41, 5.74) is 7.74. The van der Waals surface area contributed by atoms with E-state index in [0.717, 1.165) is 34.5 Å². The highest BCUT2D eigenvalue weighted by Crippen LogP contribution is 2.34. The predicted octanol–water partition coefficient (Wildman–Crippen LogP) is 5.79. The molecule has 2 aromatic rings. The summed E-state index contributed by atoms with van der Waals surface area (Å²) in [5, 5.41) is 3.05. The number of hydrogen-bond donors (Lipinski definition) is 1. The number of nitrogens with one attached hydrogen (secondary N) is 1. The molecule has 0 saturated heterocycles. The monoisotopic (exact) mass is 514 g/mol. The fourth-order valence-corrected chi connectivity index (χ4v) is 5.75. The molecule has 2 amide bonds. The lowest BCUT2D eigenvalue weighted by Crippen LogP contribution is -2.36. The summed E-state index contributed by atoms with van der Waals surface area (Å²) in [5.74, 6) is -0.762. The van der Waals surface area contributed by atoms with Crippen molar-refractivity contribution in [1.29, 1.82) is 0 Å². The minimum Gasteiger partial charge on any atom is -0.371 e. The van der Waals surface area contributed by atoms with Gasteiger partial charge in [-0.25, -0.2) is 4.99 Å². The van der Waals surface area contributed by atoms with Gasteiger partial charge >= 0.3 is 0 Å². The predicted molar refractivity (Wildman–Crippen MR) is 157 cm³/mol. The summed E-state index contributed by atoms with van der Waals surface area (Å²) >= 11 is 0. The summed E-state index contributed by atoms with van der Waals surface area (Å²) in [6.07, 6.45) is 8.07. The zero-order chi connectivity index (χ0) is 27.4. The Morgan fingerprint density at radius 3 is 2.29 bits per heavy atom. The van der Waals surface area contributed by atoms with Gasteiger partial charge in [-0.2, -0.15) is 0 Å². The fraction of sp³-hybridized carbons (Fsp3) is 0.469. The standard InChI is InChI=1S/C32H42N4O2/c1-21-16-22(2)34-32(38)29(21)19-33-31(37)28-17-26(25-14-12-24(13-15-25)20-35(4)5)18-30(23(28)3)36(6)27-10-8-7-9-11-27/h12-18,27,29H,7-11,19-20H2,1-6H3,(H,33,37). The van der Waals surface area contributed by atoms with E-state index in [1.807, 2.05) is 32.9 Å². The number of hydrogen-bond acceptors (Lipinski definition) is 4. The van der Waals surface area contributed by atoms with Crippen LogP contribution in [0.5, 0.6) is 0 Å². The minimum atomic E-state index is -0.417. The molecule has 1 heterocycles. The number of amides is 2. The van der Waals surface area contributed by atoms with Crippen molar-refractivity contribution in [2.75, 3.05) is 32.6 Å². The van der Waals surface area contributed by atoms with Gasteiger partial charge in [0.25, 0.3) is 11.8 Å². The minimum absolute atomic E-state index is 0.154. The average Bonchev–Trinajstić information content (AvgIpc) is 2.88. The Bertz CT molecular complexity index is 1240. The molecule has 0 bridgehead atoms. The molecule has 4 rings (SSSR count). The van der Waals surface area contributed by atoms with Gasteiger partial charge in [0.15, 0.2) is 0 Å². The van der Waals surface area contributed by atoms with Gasteiger partial charge < -0.3 is 15.1 Å². The van der Waals surface area contributed by atoms with Gasteiger partial charge in [-0.15, -0.1) is 0 Å². The number of carbonyl (C=O) groups excluding carboxylic acids is 2. The number of aliphatic imine (C=N–C) groups is 1. The summed E-state index contributed by atoms with van der Waals surface area (Å²) in [7, 11) is 6.30. The maximum atomic E-state index is 13.6. The van der Waals surface area contributed by atoms with Crippen LogP contribution in [0.4, 0.5) is 5.69 Å². The van der Waals surface area contributed by atoms with E-state index in [-0.39, 0.29) is 18.4 Å². The van der Waals surface area contributed by atoms with Crippen LogP contribution in [-0.2, 0) is 11.3 Å². The van der Waals surface area contributed by atoms with Crippen LogP contribution in [0.2, 0.25) is 0 Å². The molecule has 0 radical (unpaired) electrons. The first-order valence-corrected chi connectivity index (χ1v) is 13.8. The lowest BCUT2D eigenvalue weighted by Gasteiger charge is -2.34. The molecule has 1 atom stereocenters. The number of allylic oxidation sites excluding steroid dienone is 1. The molecule has 1 aliphatic heterocycles. The maximum absolute atomic E-state index is 13.6. The summed E-state index contributed by atoms with van der Waals surface area (Å²) < 4.78 is 0. The Morgan fingerprint density at radius 2 is 1.66 bits per heavy atom. The molecule has 2 aromatic carbocycles. The van der Waals surface area contributed by atoms with Crippen LogP contribution in [0.25, 0.3) is 11.1 Å². The third-order valence-corrected chi connectivity index (χ3v) is 7.95. The van der Waals surface area contributed by atoms with E-state index in [1.165, 1.54) is 37.7 Å². The Labute approximate surface area is 227 Å². The number of carbonyl (C=O) groups is 2. The van der Waals surface area contributed by atoms with Crippen LogP contribution in [0, 0.1) is 12.8 Å². The largest absolute Gasteiger partial charge is 0.371 e. The van der Waals surface area contributed by atoms with Crippen molar-refractivity contribution in [2.45, 2.75) is 65.5 Å². The Hall–Kier alpha value is -3.25. The Kier molecular flexibility index (Phi) is 8.83. The van der Waals surface area contributed by atoms with Gasteiger partial charge in [0.2, 0.25) is 0 Å². The lowest BCUT2D eigenvalue weighted by atomic mass is 9.91. The lowest BCUT2D eigenvalue weighted by molar-refractivity contribution is -0.120. The van der Waals surface area contributed by atoms with Crippen LogP contribution in [-0.4, -0.2) is 56.2 Å². The highest BCUT2D eigenvalue weighted by Gasteiger charge is 2.26. The fourth-order valence-electron chi connectivity index (χ4n) is 5.75. The van der Waals surface area contributed by atoms with Crippen LogP contribution in [0.1, 0.15) is 67.4 Å². The number of benzene rings is 2. The average molecular weight is 515 g/mol. The first-order chi connectivity index (χ1) is 18.1. The van der Waals surface area contributed by atoms with Crippen molar-refractivity contribution in [3.05, 3.63) is 64.7 Å². The first-order valence-electron chi connectivity index (χ1n) is 13.8. The molecular weight excluding hydrogens is 472 g/mol. The molecule has 0 spiro atoms. The van der Waals surface area contributed by atoms with E-state index in [4.69, 9.17) is 0 Å².